The van der Waals surface area contributed by atoms with Gasteiger partial charge in [0.1, 0.15) is 0 Å². The number of guanidine groups is 1. The van der Waals surface area contributed by atoms with Crippen molar-refractivity contribution in [1.29, 1.82) is 0 Å². The van der Waals surface area contributed by atoms with Crippen LogP contribution in [0.25, 0.3) is 0 Å². The Hall–Kier alpha value is -0.0800. The Morgan fingerprint density at radius 3 is 2.78 bits per heavy atom. The second-order valence-corrected chi connectivity index (χ2v) is 4.49. The van der Waals surface area contributed by atoms with Gasteiger partial charge in [-0.05, 0) is 32.9 Å². The minimum absolute atomic E-state index is 0. The zero-order valence-electron chi connectivity index (χ0n) is 11.7. The van der Waals surface area contributed by atoms with E-state index in [0.717, 1.165) is 38.2 Å². The second kappa shape index (κ2) is 10.8. The zero-order chi connectivity index (χ0) is 12.5. The molecule has 0 radical (unpaired) electrons. The van der Waals surface area contributed by atoms with Crippen molar-refractivity contribution >= 4 is 29.9 Å². The SMILES string of the molecule is CCOCCNC(=NC)NCC1CCN(C)C1.I. The predicted octanol–water partition coefficient (Wildman–Crippen LogP) is 0.758. The quantitative estimate of drug-likeness (QED) is 0.314. The third-order valence-electron chi connectivity index (χ3n) is 3.01. The van der Waals surface area contributed by atoms with Gasteiger partial charge in [0.25, 0.3) is 0 Å². The average molecular weight is 370 g/mol. The maximum absolute atomic E-state index is 5.27. The van der Waals surface area contributed by atoms with Crippen molar-refractivity contribution in [2.45, 2.75) is 13.3 Å². The van der Waals surface area contributed by atoms with E-state index in [4.69, 9.17) is 4.74 Å². The first-order valence-corrected chi connectivity index (χ1v) is 6.47. The smallest absolute Gasteiger partial charge is 0.191 e. The molecular formula is C12H27IN4O. The fourth-order valence-electron chi connectivity index (χ4n) is 2.04. The van der Waals surface area contributed by atoms with Crippen LogP contribution in [0.3, 0.4) is 0 Å². The molecule has 108 valence electrons. The molecule has 1 fully saturated rings. The van der Waals surface area contributed by atoms with Gasteiger partial charge in [-0.2, -0.15) is 0 Å². The monoisotopic (exact) mass is 370 g/mol. The van der Waals surface area contributed by atoms with Crippen LogP contribution in [0.2, 0.25) is 0 Å². The minimum atomic E-state index is 0. The summed E-state index contributed by atoms with van der Waals surface area (Å²) in [6, 6.07) is 0. The maximum atomic E-state index is 5.27. The highest BCUT2D eigenvalue weighted by atomic mass is 127. The topological polar surface area (TPSA) is 48.9 Å². The first-order valence-electron chi connectivity index (χ1n) is 6.47. The number of nitrogens with one attached hydrogen (secondary N) is 2. The van der Waals surface area contributed by atoms with Gasteiger partial charge in [-0.1, -0.05) is 0 Å². The molecule has 0 aromatic carbocycles. The van der Waals surface area contributed by atoms with E-state index in [1.165, 1.54) is 19.5 Å². The van der Waals surface area contributed by atoms with Crippen LogP contribution in [0.4, 0.5) is 0 Å². The number of ether oxygens (including phenoxy) is 1. The van der Waals surface area contributed by atoms with E-state index in [0.29, 0.717) is 0 Å². The molecule has 0 bridgehead atoms. The Morgan fingerprint density at radius 1 is 1.44 bits per heavy atom. The maximum Gasteiger partial charge on any atom is 0.191 e. The van der Waals surface area contributed by atoms with Gasteiger partial charge in [0.15, 0.2) is 5.96 Å². The van der Waals surface area contributed by atoms with Gasteiger partial charge >= 0.3 is 0 Å². The van der Waals surface area contributed by atoms with Gasteiger partial charge in [-0.3, -0.25) is 4.99 Å². The molecule has 6 heteroatoms. The minimum Gasteiger partial charge on any atom is -0.380 e. The Bertz CT molecular complexity index is 238. The van der Waals surface area contributed by atoms with Crippen molar-refractivity contribution in [2.75, 3.05) is 53.5 Å². The largest absolute Gasteiger partial charge is 0.380 e. The number of halogens is 1. The van der Waals surface area contributed by atoms with Gasteiger partial charge in [0, 0.05) is 33.3 Å². The summed E-state index contributed by atoms with van der Waals surface area (Å²) in [7, 11) is 3.98. The first kappa shape index (κ1) is 17.9. The molecule has 0 aromatic rings. The third-order valence-corrected chi connectivity index (χ3v) is 3.01. The van der Waals surface area contributed by atoms with Crippen LogP contribution in [-0.4, -0.2) is 64.3 Å². The normalized spacial score (nSPS) is 20.6. The van der Waals surface area contributed by atoms with E-state index in [1.54, 1.807) is 7.05 Å². The molecule has 0 amide bonds. The van der Waals surface area contributed by atoms with Crippen molar-refractivity contribution in [1.82, 2.24) is 15.5 Å². The summed E-state index contributed by atoms with van der Waals surface area (Å²) in [4.78, 5) is 6.56. The molecule has 1 saturated heterocycles. The summed E-state index contributed by atoms with van der Waals surface area (Å²) in [5.74, 6) is 1.62. The molecule has 1 aliphatic rings. The standard InChI is InChI=1S/C12H26N4O.HI/c1-4-17-8-6-14-12(13-2)15-9-11-5-7-16(3)10-11;/h11H,4-10H2,1-3H3,(H2,13,14,15);1H. The molecule has 5 nitrogen and oxygen atoms in total. The molecular weight excluding hydrogens is 343 g/mol. The Balaban J connectivity index is 0.00000289. The van der Waals surface area contributed by atoms with Crippen LogP contribution in [-0.2, 0) is 4.74 Å². The molecule has 1 atom stereocenters. The van der Waals surface area contributed by atoms with Crippen molar-refractivity contribution in [3.63, 3.8) is 0 Å². The average Bonchev–Trinajstić information content (AvgIpc) is 2.74. The third kappa shape index (κ3) is 7.38. The van der Waals surface area contributed by atoms with Gasteiger partial charge < -0.3 is 20.3 Å². The summed E-state index contributed by atoms with van der Waals surface area (Å²) in [5, 5.41) is 6.61. The molecule has 1 unspecified atom stereocenters. The molecule has 2 N–H and O–H groups in total. The zero-order valence-corrected chi connectivity index (χ0v) is 14.1. The highest BCUT2D eigenvalue weighted by Crippen LogP contribution is 2.12. The molecule has 0 spiro atoms. The van der Waals surface area contributed by atoms with Crippen LogP contribution < -0.4 is 10.6 Å². The Kier molecular flexibility index (Phi) is 10.8. The Morgan fingerprint density at radius 2 is 2.22 bits per heavy atom. The fourth-order valence-corrected chi connectivity index (χ4v) is 2.04. The highest BCUT2D eigenvalue weighted by molar-refractivity contribution is 14.0. The lowest BCUT2D eigenvalue weighted by atomic mass is 10.1. The molecule has 1 rings (SSSR count). The second-order valence-electron chi connectivity index (χ2n) is 4.49. The van der Waals surface area contributed by atoms with Crippen LogP contribution >= 0.6 is 24.0 Å². The number of nitrogens with zero attached hydrogens (tertiary/aromatic N) is 2. The highest BCUT2D eigenvalue weighted by Gasteiger charge is 2.19. The van der Waals surface area contributed by atoms with Crippen LogP contribution in [0.1, 0.15) is 13.3 Å². The fraction of sp³-hybridized carbons (Fsp3) is 0.917. The first-order chi connectivity index (χ1) is 8.26. The van der Waals surface area contributed by atoms with Crippen molar-refractivity contribution in [3.05, 3.63) is 0 Å². The van der Waals surface area contributed by atoms with Crippen LogP contribution in [0, 0.1) is 5.92 Å². The number of hydrogen-bond donors (Lipinski definition) is 2. The van der Waals surface area contributed by atoms with Gasteiger partial charge in [-0.15, -0.1) is 24.0 Å². The van der Waals surface area contributed by atoms with E-state index in [9.17, 15) is 0 Å². The summed E-state index contributed by atoms with van der Waals surface area (Å²) in [5.41, 5.74) is 0. The van der Waals surface area contributed by atoms with Crippen LogP contribution in [0.15, 0.2) is 4.99 Å². The molecule has 0 aliphatic carbocycles. The molecule has 0 aromatic heterocycles. The lowest BCUT2D eigenvalue weighted by Crippen LogP contribution is -2.41. The number of rotatable bonds is 6. The molecule has 18 heavy (non-hydrogen) atoms. The number of likely N-dealkylation sites (tertiary alicyclic amines) is 1. The molecule has 1 aliphatic heterocycles. The van der Waals surface area contributed by atoms with Gasteiger partial charge in [0.2, 0.25) is 0 Å². The summed E-state index contributed by atoms with van der Waals surface area (Å²) in [6.07, 6.45) is 1.28. The van der Waals surface area contributed by atoms with E-state index in [1.807, 2.05) is 6.92 Å². The van der Waals surface area contributed by atoms with E-state index < -0.39 is 0 Å². The number of aliphatic imine (C=N–C) groups is 1. The lowest BCUT2D eigenvalue weighted by molar-refractivity contribution is 0.152. The van der Waals surface area contributed by atoms with Crippen molar-refractivity contribution in [2.24, 2.45) is 10.9 Å². The molecule has 1 heterocycles. The van der Waals surface area contributed by atoms with Gasteiger partial charge in [-0.25, -0.2) is 0 Å². The number of hydrogen-bond acceptors (Lipinski definition) is 3. The lowest BCUT2D eigenvalue weighted by Gasteiger charge is -2.15. The van der Waals surface area contributed by atoms with Crippen LogP contribution in [0.5, 0.6) is 0 Å². The Labute approximate surface area is 128 Å². The van der Waals surface area contributed by atoms with Crippen molar-refractivity contribution < 1.29 is 4.74 Å². The van der Waals surface area contributed by atoms with Crippen molar-refractivity contribution in [3.8, 4) is 0 Å². The van der Waals surface area contributed by atoms with E-state index >= 15 is 0 Å². The summed E-state index contributed by atoms with van der Waals surface area (Å²) < 4.78 is 5.27. The van der Waals surface area contributed by atoms with E-state index in [-0.39, 0.29) is 24.0 Å². The van der Waals surface area contributed by atoms with E-state index in [2.05, 4.69) is 27.6 Å². The molecule has 0 saturated carbocycles. The predicted molar refractivity (Wildman–Crippen MR) is 86.9 cm³/mol. The summed E-state index contributed by atoms with van der Waals surface area (Å²) in [6.45, 7) is 7.69. The summed E-state index contributed by atoms with van der Waals surface area (Å²) >= 11 is 0. The van der Waals surface area contributed by atoms with Gasteiger partial charge in [0.05, 0.1) is 6.61 Å².